The number of methoxy groups -OCH3 is 1. The Hall–Kier alpha value is -3.02. The molecule has 0 bridgehead atoms. The molecule has 0 aliphatic heterocycles. The Morgan fingerprint density at radius 3 is 2.04 bits per heavy atom. The molecule has 0 fully saturated rings. The smallest absolute Gasteiger partial charge is 0.251 e. The van der Waals surface area contributed by atoms with Crippen LogP contribution in [-0.4, -0.2) is 31.0 Å². The lowest BCUT2D eigenvalue weighted by Crippen LogP contribution is -2.40. The lowest BCUT2D eigenvalue weighted by atomic mass is 10.1. The molecule has 0 radical (unpaired) electrons. The van der Waals surface area contributed by atoms with Gasteiger partial charge in [0.25, 0.3) is 5.91 Å². The number of anilines is 2. The van der Waals surface area contributed by atoms with Crippen LogP contribution in [0.4, 0.5) is 11.4 Å². The largest absolute Gasteiger partial charge is 0.497 e. The van der Waals surface area contributed by atoms with Gasteiger partial charge in [-0.15, -0.1) is 0 Å². The van der Waals surface area contributed by atoms with E-state index in [-0.39, 0.29) is 23.9 Å². The van der Waals surface area contributed by atoms with Crippen LogP contribution < -0.4 is 20.7 Å². The molecule has 6 nitrogen and oxygen atoms in total. The molecule has 2 amide bonds. The number of nitrogens with one attached hydrogen (secondary N) is 3. The average molecular weight is 355 g/mol. The van der Waals surface area contributed by atoms with Crippen molar-refractivity contribution < 1.29 is 14.3 Å². The number of benzene rings is 2. The third-order valence-electron chi connectivity index (χ3n) is 3.46. The fourth-order valence-corrected chi connectivity index (χ4v) is 2.21. The van der Waals surface area contributed by atoms with E-state index in [1.807, 2.05) is 45.0 Å². The van der Waals surface area contributed by atoms with Crippen LogP contribution in [0, 0.1) is 0 Å². The Balaban J connectivity index is 1.85. The third-order valence-corrected chi connectivity index (χ3v) is 3.46. The minimum Gasteiger partial charge on any atom is -0.497 e. The van der Waals surface area contributed by atoms with E-state index in [1.165, 1.54) is 0 Å². The molecule has 0 aliphatic rings. The van der Waals surface area contributed by atoms with Crippen LogP contribution in [0.3, 0.4) is 0 Å². The van der Waals surface area contributed by atoms with Crippen LogP contribution in [0.25, 0.3) is 0 Å². The molecule has 0 heterocycles. The molecular weight excluding hydrogens is 330 g/mol. The van der Waals surface area contributed by atoms with Gasteiger partial charge in [0.1, 0.15) is 5.75 Å². The van der Waals surface area contributed by atoms with Crippen molar-refractivity contribution in [2.45, 2.75) is 26.3 Å². The van der Waals surface area contributed by atoms with Crippen LogP contribution >= 0.6 is 0 Å². The summed E-state index contributed by atoms with van der Waals surface area (Å²) < 4.78 is 5.09. The molecule has 2 aromatic rings. The Kier molecular flexibility index (Phi) is 6.22. The van der Waals surface area contributed by atoms with Gasteiger partial charge >= 0.3 is 0 Å². The number of hydrogen-bond acceptors (Lipinski definition) is 4. The third kappa shape index (κ3) is 6.12. The fourth-order valence-electron chi connectivity index (χ4n) is 2.21. The summed E-state index contributed by atoms with van der Waals surface area (Å²) in [6, 6.07) is 14.1. The summed E-state index contributed by atoms with van der Waals surface area (Å²) in [5.74, 6) is 0.444. The van der Waals surface area contributed by atoms with Crippen molar-refractivity contribution in [3.63, 3.8) is 0 Å². The Morgan fingerprint density at radius 1 is 0.923 bits per heavy atom. The zero-order chi connectivity index (χ0) is 19.2. The predicted molar refractivity (Wildman–Crippen MR) is 104 cm³/mol. The van der Waals surface area contributed by atoms with Gasteiger partial charge in [-0.3, -0.25) is 9.59 Å². The zero-order valence-corrected chi connectivity index (χ0v) is 15.6. The summed E-state index contributed by atoms with van der Waals surface area (Å²) in [5, 5.41) is 8.73. The highest BCUT2D eigenvalue weighted by Gasteiger charge is 2.15. The van der Waals surface area contributed by atoms with Crippen LogP contribution in [0.15, 0.2) is 48.5 Å². The van der Waals surface area contributed by atoms with Gasteiger partial charge in [0.2, 0.25) is 5.91 Å². The van der Waals surface area contributed by atoms with Crippen LogP contribution in [0.1, 0.15) is 31.1 Å². The first-order valence-corrected chi connectivity index (χ1v) is 8.37. The monoisotopic (exact) mass is 355 g/mol. The highest BCUT2D eigenvalue weighted by molar-refractivity contribution is 5.96. The molecule has 138 valence electrons. The van der Waals surface area contributed by atoms with E-state index in [1.54, 1.807) is 31.4 Å². The highest BCUT2D eigenvalue weighted by Crippen LogP contribution is 2.15. The van der Waals surface area contributed by atoms with Crippen molar-refractivity contribution >= 4 is 23.2 Å². The van der Waals surface area contributed by atoms with Gasteiger partial charge < -0.3 is 20.7 Å². The number of carbonyl (C=O) groups is 2. The van der Waals surface area contributed by atoms with Crippen LogP contribution in [0.2, 0.25) is 0 Å². The van der Waals surface area contributed by atoms with Crippen molar-refractivity contribution in [3.05, 3.63) is 54.1 Å². The Morgan fingerprint density at radius 2 is 1.50 bits per heavy atom. The Labute approximate surface area is 153 Å². The second-order valence-corrected chi connectivity index (χ2v) is 6.91. The molecule has 0 spiro atoms. The summed E-state index contributed by atoms with van der Waals surface area (Å²) in [5.41, 5.74) is 1.72. The standard InChI is InChI=1S/C20H25N3O3/c1-20(2,3)23-19(25)14-5-7-16(8-6-14)22-18(24)13-21-15-9-11-17(26-4)12-10-15/h5-12,21H,13H2,1-4H3,(H,22,24)(H,23,25). The van der Waals surface area contributed by atoms with E-state index in [2.05, 4.69) is 16.0 Å². The van der Waals surface area contributed by atoms with E-state index < -0.39 is 0 Å². The second-order valence-electron chi connectivity index (χ2n) is 6.91. The Bertz CT molecular complexity index is 747. The molecular formula is C20H25N3O3. The normalized spacial score (nSPS) is 10.8. The summed E-state index contributed by atoms with van der Waals surface area (Å²) in [6.07, 6.45) is 0. The van der Waals surface area contributed by atoms with Crippen molar-refractivity contribution in [1.82, 2.24) is 5.32 Å². The van der Waals surface area contributed by atoms with E-state index >= 15 is 0 Å². The minimum atomic E-state index is -0.295. The topological polar surface area (TPSA) is 79.5 Å². The van der Waals surface area contributed by atoms with Gasteiger partial charge in [0.05, 0.1) is 13.7 Å². The molecule has 0 aliphatic carbocycles. The van der Waals surface area contributed by atoms with Crippen LogP contribution in [-0.2, 0) is 4.79 Å². The molecule has 6 heteroatoms. The van der Waals surface area contributed by atoms with E-state index in [0.29, 0.717) is 11.3 Å². The van der Waals surface area contributed by atoms with E-state index in [0.717, 1.165) is 11.4 Å². The first-order chi connectivity index (χ1) is 12.3. The first kappa shape index (κ1) is 19.3. The van der Waals surface area contributed by atoms with Crippen molar-refractivity contribution in [2.75, 3.05) is 24.3 Å². The molecule has 2 aromatic carbocycles. The van der Waals surface area contributed by atoms with Crippen molar-refractivity contribution in [1.29, 1.82) is 0 Å². The molecule has 0 aromatic heterocycles. The fraction of sp³-hybridized carbons (Fsp3) is 0.300. The zero-order valence-electron chi connectivity index (χ0n) is 15.6. The minimum absolute atomic E-state index is 0.137. The number of amides is 2. The molecule has 2 rings (SSSR count). The molecule has 26 heavy (non-hydrogen) atoms. The summed E-state index contributed by atoms with van der Waals surface area (Å²) in [7, 11) is 1.61. The predicted octanol–water partition coefficient (Wildman–Crippen LogP) is 3.27. The lowest BCUT2D eigenvalue weighted by Gasteiger charge is -2.20. The van der Waals surface area contributed by atoms with Gasteiger partial charge in [0.15, 0.2) is 0 Å². The van der Waals surface area contributed by atoms with Crippen molar-refractivity contribution in [2.24, 2.45) is 0 Å². The SMILES string of the molecule is COc1ccc(NCC(=O)Nc2ccc(C(=O)NC(C)(C)C)cc2)cc1. The molecule has 0 unspecified atom stereocenters. The number of hydrogen-bond donors (Lipinski definition) is 3. The van der Waals surface area contributed by atoms with Crippen molar-refractivity contribution in [3.8, 4) is 5.75 Å². The molecule has 0 atom stereocenters. The lowest BCUT2D eigenvalue weighted by molar-refractivity contribution is -0.114. The van der Waals surface area contributed by atoms with Gasteiger partial charge in [-0.25, -0.2) is 0 Å². The van der Waals surface area contributed by atoms with Crippen LogP contribution in [0.5, 0.6) is 5.75 Å². The summed E-state index contributed by atoms with van der Waals surface area (Å²) in [4.78, 5) is 24.1. The van der Waals surface area contributed by atoms with Gasteiger partial charge in [-0.1, -0.05) is 0 Å². The molecule has 3 N–H and O–H groups in total. The number of carbonyl (C=O) groups excluding carboxylic acids is 2. The molecule has 0 saturated heterocycles. The van der Waals surface area contributed by atoms with Gasteiger partial charge in [-0.05, 0) is 69.3 Å². The number of ether oxygens (including phenoxy) is 1. The first-order valence-electron chi connectivity index (χ1n) is 8.37. The van der Waals surface area contributed by atoms with E-state index in [4.69, 9.17) is 4.74 Å². The maximum absolute atomic E-state index is 12.1. The van der Waals surface area contributed by atoms with Gasteiger partial charge in [0, 0.05) is 22.5 Å². The highest BCUT2D eigenvalue weighted by atomic mass is 16.5. The van der Waals surface area contributed by atoms with E-state index in [9.17, 15) is 9.59 Å². The summed E-state index contributed by atoms with van der Waals surface area (Å²) in [6.45, 7) is 5.92. The maximum atomic E-state index is 12.1. The average Bonchev–Trinajstić information content (AvgIpc) is 2.59. The van der Waals surface area contributed by atoms with Gasteiger partial charge in [-0.2, -0.15) is 0 Å². The maximum Gasteiger partial charge on any atom is 0.251 e. The summed E-state index contributed by atoms with van der Waals surface area (Å²) >= 11 is 0. The number of rotatable bonds is 6. The second kappa shape index (κ2) is 8.38. The molecule has 0 saturated carbocycles. The quantitative estimate of drug-likeness (QED) is 0.743.